The van der Waals surface area contributed by atoms with Crippen molar-refractivity contribution in [2.45, 2.75) is 32.3 Å². The van der Waals surface area contributed by atoms with Crippen molar-refractivity contribution in [3.8, 4) is 0 Å². The molecule has 0 aromatic heterocycles. The summed E-state index contributed by atoms with van der Waals surface area (Å²) in [6.45, 7) is 3.50. The highest BCUT2D eigenvalue weighted by atomic mass is 16.3. The van der Waals surface area contributed by atoms with Gasteiger partial charge in [0, 0.05) is 6.21 Å². The highest BCUT2D eigenvalue weighted by Gasteiger charge is 2.18. The Hall–Kier alpha value is -0.630. The fraction of sp³-hybridized carbons (Fsp3) is 0.625. The number of aliphatic imine (C=N–C) groups is 1. The first-order valence-electron chi connectivity index (χ1n) is 3.56. The first kappa shape index (κ1) is 7.48. The maximum Gasteiger partial charge on any atom is 0.101 e. The summed E-state index contributed by atoms with van der Waals surface area (Å²) in [5.74, 6) is 0. The topological polar surface area (TPSA) is 32.6 Å². The Morgan fingerprint density at radius 2 is 2.20 bits per heavy atom. The highest BCUT2D eigenvalue weighted by molar-refractivity contribution is 5.61. The molecule has 0 saturated heterocycles. The van der Waals surface area contributed by atoms with Crippen LogP contribution in [0.3, 0.4) is 0 Å². The minimum Gasteiger partial charge on any atom is -0.384 e. The molecule has 0 radical (unpaired) electrons. The molecule has 0 atom stereocenters. The molecule has 0 bridgehead atoms. The van der Waals surface area contributed by atoms with Crippen LogP contribution in [0.5, 0.6) is 0 Å². The molecule has 1 rings (SSSR count). The molecule has 56 valence electrons. The predicted molar refractivity (Wildman–Crippen MR) is 42.1 cm³/mol. The van der Waals surface area contributed by atoms with Crippen LogP contribution in [0.2, 0.25) is 0 Å². The molecular formula is C8H13NO. The second-order valence-electron chi connectivity index (χ2n) is 3.04. The normalized spacial score (nSPS) is 18.9. The Balaban J connectivity index is 2.73. The maximum atomic E-state index is 9.46. The number of nitrogens with zero attached hydrogens (tertiary/aromatic N) is 1. The molecule has 1 aliphatic rings. The van der Waals surface area contributed by atoms with Gasteiger partial charge in [-0.15, -0.1) is 0 Å². The van der Waals surface area contributed by atoms with Crippen LogP contribution in [0.15, 0.2) is 16.8 Å². The van der Waals surface area contributed by atoms with E-state index in [9.17, 15) is 5.11 Å². The summed E-state index contributed by atoms with van der Waals surface area (Å²) < 4.78 is 0. The van der Waals surface area contributed by atoms with Gasteiger partial charge in [-0.1, -0.05) is 6.08 Å². The lowest BCUT2D eigenvalue weighted by atomic mass is 10.0. The average Bonchev–Trinajstić information content (AvgIpc) is 1.88. The third-order valence-electron chi connectivity index (χ3n) is 1.49. The molecule has 0 unspecified atom stereocenters. The van der Waals surface area contributed by atoms with Gasteiger partial charge < -0.3 is 5.11 Å². The van der Waals surface area contributed by atoms with Gasteiger partial charge in [0.2, 0.25) is 0 Å². The second-order valence-corrected chi connectivity index (χ2v) is 3.04. The largest absolute Gasteiger partial charge is 0.384 e. The second kappa shape index (κ2) is 2.54. The quantitative estimate of drug-likeness (QED) is 0.586. The minimum absolute atomic E-state index is 0.767. The Morgan fingerprint density at radius 3 is 2.50 bits per heavy atom. The van der Waals surface area contributed by atoms with Gasteiger partial charge in [-0.2, -0.15) is 0 Å². The van der Waals surface area contributed by atoms with E-state index in [-0.39, 0.29) is 0 Å². The van der Waals surface area contributed by atoms with Crippen molar-refractivity contribution in [2.24, 2.45) is 4.99 Å². The van der Waals surface area contributed by atoms with Gasteiger partial charge in [0.1, 0.15) is 5.60 Å². The number of aliphatic hydroxyl groups is 1. The van der Waals surface area contributed by atoms with Crippen LogP contribution in [0, 0.1) is 0 Å². The first-order valence-corrected chi connectivity index (χ1v) is 3.56. The SMILES string of the molecule is CC(C)(O)C1=CCCC=N1. The summed E-state index contributed by atoms with van der Waals surface area (Å²) in [6.07, 6.45) is 5.84. The summed E-state index contributed by atoms with van der Waals surface area (Å²) >= 11 is 0. The third kappa shape index (κ3) is 1.67. The molecule has 2 heteroatoms. The Morgan fingerprint density at radius 1 is 1.50 bits per heavy atom. The molecule has 0 aromatic rings. The lowest BCUT2D eigenvalue weighted by Gasteiger charge is -2.19. The van der Waals surface area contributed by atoms with Crippen molar-refractivity contribution in [1.82, 2.24) is 0 Å². The number of rotatable bonds is 1. The van der Waals surface area contributed by atoms with Crippen LogP contribution in [0.25, 0.3) is 0 Å². The first-order chi connectivity index (χ1) is 4.61. The summed E-state index contributed by atoms with van der Waals surface area (Å²) in [5.41, 5.74) is 0.0236. The van der Waals surface area contributed by atoms with Crippen molar-refractivity contribution in [3.05, 3.63) is 11.8 Å². The zero-order valence-corrected chi connectivity index (χ0v) is 6.46. The monoisotopic (exact) mass is 139 g/mol. The van der Waals surface area contributed by atoms with Gasteiger partial charge in [-0.3, -0.25) is 4.99 Å². The minimum atomic E-state index is -0.767. The van der Waals surface area contributed by atoms with Crippen molar-refractivity contribution in [3.63, 3.8) is 0 Å². The zero-order chi connectivity index (χ0) is 7.61. The molecule has 0 aromatic carbocycles. The summed E-state index contributed by atoms with van der Waals surface area (Å²) in [5, 5.41) is 9.46. The molecule has 1 heterocycles. The molecule has 1 aliphatic heterocycles. The zero-order valence-electron chi connectivity index (χ0n) is 6.46. The van der Waals surface area contributed by atoms with Crippen molar-refractivity contribution >= 4 is 6.21 Å². The molecule has 0 fully saturated rings. The van der Waals surface area contributed by atoms with Gasteiger partial charge >= 0.3 is 0 Å². The van der Waals surface area contributed by atoms with E-state index in [0.29, 0.717) is 0 Å². The van der Waals surface area contributed by atoms with Gasteiger partial charge in [0.25, 0.3) is 0 Å². The average molecular weight is 139 g/mol. The molecule has 0 saturated carbocycles. The molecular weight excluding hydrogens is 126 g/mol. The van der Waals surface area contributed by atoms with Crippen LogP contribution in [0.4, 0.5) is 0 Å². The van der Waals surface area contributed by atoms with Gasteiger partial charge in [0.15, 0.2) is 0 Å². The van der Waals surface area contributed by atoms with E-state index in [1.807, 2.05) is 12.3 Å². The van der Waals surface area contributed by atoms with Gasteiger partial charge in [-0.05, 0) is 26.7 Å². The van der Waals surface area contributed by atoms with Crippen LogP contribution in [0.1, 0.15) is 26.7 Å². The number of hydrogen-bond donors (Lipinski definition) is 1. The van der Waals surface area contributed by atoms with E-state index in [1.165, 1.54) is 0 Å². The molecule has 0 spiro atoms. The Labute approximate surface area is 61.3 Å². The van der Waals surface area contributed by atoms with E-state index in [1.54, 1.807) is 13.8 Å². The molecule has 0 amide bonds. The Bertz CT molecular complexity index is 174. The van der Waals surface area contributed by atoms with E-state index in [4.69, 9.17) is 0 Å². The fourth-order valence-electron chi connectivity index (χ4n) is 0.918. The highest BCUT2D eigenvalue weighted by Crippen LogP contribution is 2.19. The standard InChI is InChI=1S/C8H13NO/c1-8(2,10)7-5-3-4-6-9-7/h5-6,10H,3-4H2,1-2H3. The van der Waals surface area contributed by atoms with Crippen LogP contribution >= 0.6 is 0 Å². The fourth-order valence-corrected chi connectivity index (χ4v) is 0.918. The molecule has 1 N–H and O–H groups in total. The van der Waals surface area contributed by atoms with E-state index >= 15 is 0 Å². The van der Waals surface area contributed by atoms with Crippen molar-refractivity contribution < 1.29 is 5.11 Å². The lowest BCUT2D eigenvalue weighted by molar-refractivity contribution is 0.118. The third-order valence-corrected chi connectivity index (χ3v) is 1.49. The molecule has 10 heavy (non-hydrogen) atoms. The smallest absolute Gasteiger partial charge is 0.101 e. The van der Waals surface area contributed by atoms with Gasteiger partial charge in [0.05, 0.1) is 5.70 Å². The summed E-state index contributed by atoms with van der Waals surface area (Å²) in [6, 6.07) is 0. The number of hydrogen-bond acceptors (Lipinski definition) is 2. The van der Waals surface area contributed by atoms with Crippen LogP contribution < -0.4 is 0 Å². The van der Waals surface area contributed by atoms with E-state index in [2.05, 4.69) is 4.99 Å². The van der Waals surface area contributed by atoms with E-state index in [0.717, 1.165) is 18.5 Å². The lowest BCUT2D eigenvalue weighted by Crippen LogP contribution is -2.21. The van der Waals surface area contributed by atoms with Crippen LogP contribution in [-0.2, 0) is 0 Å². The predicted octanol–water partition coefficient (Wildman–Crippen LogP) is 1.51. The van der Waals surface area contributed by atoms with Gasteiger partial charge in [-0.25, -0.2) is 0 Å². The van der Waals surface area contributed by atoms with Crippen molar-refractivity contribution in [2.75, 3.05) is 0 Å². The molecule has 0 aliphatic carbocycles. The summed E-state index contributed by atoms with van der Waals surface area (Å²) in [7, 11) is 0. The maximum absolute atomic E-state index is 9.46. The summed E-state index contributed by atoms with van der Waals surface area (Å²) in [4.78, 5) is 4.09. The molecule has 2 nitrogen and oxygen atoms in total. The van der Waals surface area contributed by atoms with Crippen LogP contribution in [-0.4, -0.2) is 16.9 Å². The number of allylic oxidation sites excluding steroid dienone is 1. The van der Waals surface area contributed by atoms with E-state index < -0.39 is 5.60 Å². The van der Waals surface area contributed by atoms with Crippen molar-refractivity contribution in [1.29, 1.82) is 0 Å². The Kier molecular flexibility index (Phi) is 1.90.